The summed E-state index contributed by atoms with van der Waals surface area (Å²) in [5, 5.41) is 0. The minimum Gasteiger partial charge on any atom is -0.491 e. The second-order valence-corrected chi connectivity index (χ2v) is 5.49. The number of ether oxygens (including phenoxy) is 5. The topological polar surface area (TPSA) is 46.2 Å². The summed E-state index contributed by atoms with van der Waals surface area (Å²) in [5.74, 6) is 2.42. The van der Waals surface area contributed by atoms with Crippen LogP contribution in [0.15, 0.2) is 12.1 Å². The highest BCUT2D eigenvalue weighted by atomic mass is 16.7. The fraction of sp³-hybridized carbons (Fsp3) is 0.667. The average Bonchev–Trinajstić information content (AvgIpc) is 3.01. The van der Waals surface area contributed by atoms with E-state index in [0.29, 0.717) is 26.4 Å². The maximum Gasteiger partial charge on any atom is 0.231 e. The molecule has 130 valence electrons. The van der Waals surface area contributed by atoms with Crippen molar-refractivity contribution in [1.82, 2.24) is 0 Å². The zero-order valence-corrected chi connectivity index (χ0v) is 14.3. The number of benzene rings is 1. The van der Waals surface area contributed by atoms with Crippen molar-refractivity contribution < 1.29 is 23.7 Å². The van der Waals surface area contributed by atoms with E-state index in [1.807, 2.05) is 12.1 Å². The SMILES string of the molecule is CCCCOCCOCCOc1cc2c(cc1CCC)OCO2. The van der Waals surface area contributed by atoms with Gasteiger partial charge >= 0.3 is 0 Å². The molecule has 0 unspecified atom stereocenters. The largest absolute Gasteiger partial charge is 0.491 e. The van der Waals surface area contributed by atoms with Crippen molar-refractivity contribution in [1.29, 1.82) is 0 Å². The predicted molar refractivity (Wildman–Crippen MR) is 88.6 cm³/mol. The number of hydrogen-bond acceptors (Lipinski definition) is 5. The Labute approximate surface area is 138 Å². The standard InChI is InChI=1S/C18H28O5/c1-3-5-7-19-8-9-20-10-11-21-16-13-18-17(22-14-23-18)12-15(16)6-4-2/h12-13H,3-11,14H2,1-2H3. The van der Waals surface area contributed by atoms with Gasteiger partial charge in [0.1, 0.15) is 12.4 Å². The molecule has 0 aromatic heterocycles. The smallest absolute Gasteiger partial charge is 0.231 e. The first-order valence-electron chi connectivity index (χ1n) is 8.56. The summed E-state index contributed by atoms with van der Waals surface area (Å²) < 4.78 is 27.7. The highest BCUT2D eigenvalue weighted by Gasteiger charge is 2.17. The molecule has 0 spiro atoms. The molecule has 5 heteroatoms. The summed E-state index contributed by atoms with van der Waals surface area (Å²) in [6, 6.07) is 3.94. The predicted octanol–water partition coefficient (Wildman–Crippen LogP) is 3.58. The van der Waals surface area contributed by atoms with Crippen LogP contribution in [0, 0.1) is 0 Å². The first-order chi connectivity index (χ1) is 11.3. The zero-order valence-electron chi connectivity index (χ0n) is 14.3. The van der Waals surface area contributed by atoms with E-state index in [1.54, 1.807) is 0 Å². The molecule has 0 N–H and O–H groups in total. The van der Waals surface area contributed by atoms with Crippen LogP contribution in [0.1, 0.15) is 38.7 Å². The fourth-order valence-corrected chi connectivity index (χ4v) is 2.34. The monoisotopic (exact) mass is 324 g/mol. The van der Waals surface area contributed by atoms with Crippen molar-refractivity contribution in [2.75, 3.05) is 39.8 Å². The lowest BCUT2D eigenvalue weighted by Gasteiger charge is -2.12. The van der Waals surface area contributed by atoms with E-state index in [2.05, 4.69) is 13.8 Å². The second kappa shape index (κ2) is 10.3. The van der Waals surface area contributed by atoms with Gasteiger partial charge in [0.15, 0.2) is 11.5 Å². The highest BCUT2D eigenvalue weighted by Crippen LogP contribution is 2.38. The molecule has 0 amide bonds. The van der Waals surface area contributed by atoms with Gasteiger partial charge in [-0.15, -0.1) is 0 Å². The Bertz CT molecular complexity index is 461. The minimum absolute atomic E-state index is 0.283. The van der Waals surface area contributed by atoms with E-state index >= 15 is 0 Å². The average molecular weight is 324 g/mol. The van der Waals surface area contributed by atoms with Gasteiger partial charge in [-0.3, -0.25) is 0 Å². The molecule has 1 aromatic carbocycles. The van der Waals surface area contributed by atoms with Crippen LogP contribution >= 0.6 is 0 Å². The quantitative estimate of drug-likeness (QED) is 0.550. The zero-order chi connectivity index (χ0) is 16.3. The third-order valence-electron chi connectivity index (χ3n) is 3.57. The summed E-state index contributed by atoms with van der Waals surface area (Å²) in [6.07, 6.45) is 4.28. The molecule has 1 aromatic rings. The third-order valence-corrected chi connectivity index (χ3v) is 3.57. The van der Waals surface area contributed by atoms with Crippen molar-refractivity contribution >= 4 is 0 Å². The van der Waals surface area contributed by atoms with E-state index in [-0.39, 0.29) is 6.79 Å². The van der Waals surface area contributed by atoms with Crippen molar-refractivity contribution in [3.63, 3.8) is 0 Å². The lowest BCUT2D eigenvalue weighted by atomic mass is 10.1. The molecular formula is C18H28O5. The number of aryl methyl sites for hydroxylation is 1. The lowest BCUT2D eigenvalue weighted by molar-refractivity contribution is 0.0354. The Hall–Kier alpha value is -1.46. The van der Waals surface area contributed by atoms with Gasteiger partial charge < -0.3 is 23.7 Å². The minimum atomic E-state index is 0.283. The third kappa shape index (κ3) is 5.92. The molecule has 2 rings (SSSR count). The molecule has 5 nitrogen and oxygen atoms in total. The number of rotatable bonds is 12. The maximum atomic E-state index is 5.86. The van der Waals surface area contributed by atoms with Crippen molar-refractivity contribution in [2.45, 2.75) is 39.5 Å². The molecule has 0 radical (unpaired) electrons. The van der Waals surface area contributed by atoms with E-state index < -0.39 is 0 Å². The van der Waals surface area contributed by atoms with Crippen LogP contribution in [0.4, 0.5) is 0 Å². The number of unbranched alkanes of at least 4 members (excludes halogenated alkanes) is 1. The Balaban J connectivity index is 1.68. The molecule has 23 heavy (non-hydrogen) atoms. The summed E-state index contributed by atoms with van der Waals surface area (Å²) in [7, 11) is 0. The molecule has 0 atom stereocenters. The Morgan fingerprint density at radius 3 is 2.30 bits per heavy atom. The molecule has 1 aliphatic rings. The van der Waals surface area contributed by atoms with Gasteiger partial charge in [0.25, 0.3) is 0 Å². The highest BCUT2D eigenvalue weighted by molar-refractivity contribution is 5.51. The van der Waals surface area contributed by atoms with Gasteiger partial charge in [-0.1, -0.05) is 26.7 Å². The van der Waals surface area contributed by atoms with Crippen molar-refractivity contribution in [3.05, 3.63) is 17.7 Å². The van der Waals surface area contributed by atoms with Crippen molar-refractivity contribution in [2.24, 2.45) is 0 Å². The van der Waals surface area contributed by atoms with Crippen LogP contribution in [0.2, 0.25) is 0 Å². The normalized spacial score (nSPS) is 12.6. The van der Waals surface area contributed by atoms with Crippen molar-refractivity contribution in [3.8, 4) is 17.2 Å². The van der Waals surface area contributed by atoms with E-state index in [0.717, 1.165) is 55.1 Å². The van der Waals surface area contributed by atoms with Gasteiger partial charge in [0.05, 0.1) is 19.8 Å². The van der Waals surface area contributed by atoms with E-state index in [9.17, 15) is 0 Å². The molecule has 0 fully saturated rings. The van der Waals surface area contributed by atoms with Crippen LogP contribution in [0.5, 0.6) is 17.2 Å². The molecular weight excluding hydrogens is 296 g/mol. The molecule has 0 saturated carbocycles. The van der Waals surface area contributed by atoms with Crippen LogP contribution in [0.25, 0.3) is 0 Å². The van der Waals surface area contributed by atoms with E-state index in [1.165, 1.54) is 0 Å². The van der Waals surface area contributed by atoms with Crippen LogP contribution < -0.4 is 14.2 Å². The fourth-order valence-electron chi connectivity index (χ4n) is 2.34. The summed E-state index contributed by atoms with van der Waals surface area (Å²) in [6.45, 7) is 7.72. The molecule has 0 bridgehead atoms. The number of hydrogen-bond donors (Lipinski definition) is 0. The van der Waals surface area contributed by atoms with Crippen LogP contribution in [0.3, 0.4) is 0 Å². The van der Waals surface area contributed by atoms with Gasteiger partial charge in [-0.25, -0.2) is 0 Å². The van der Waals surface area contributed by atoms with Gasteiger partial charge in [0, 0.05) is 12.7 Å². The lowest BCUT2D eigenvalue weighted by Crippen LogP contribution is -2.11. The van der Waals surface area contributed by atoms with E-state index in [4.69, 9.17) is 23.7 Å². The molecule has 0 saturated heterocycles. The molecule has 0 aliphatic carbocycles. The maximum absolute atomic E-state index is 5.86. The Kier molecular flexibility index (Phi) is 8.04. The summed E-state index contributed by atoms with van der Waals surface area (Å²) >= 11 is 0. The molecule has 1 heterocycles. The van der Waals surface area contributed by atoms with Gasteiger partial charge in [-0.05, 0) is 24.5 Å². The second-order valence-electron chi connectivity index (χ2n) is 5.49. The first-order valence-corrected chi connectivity index (χ1v) is 8.56. The number of fused-ring (bicyclic) bond motifs is 1. The molecule has 1 aliphatic heterocycles. The summed E-state index contributed by atoms with van der Waals surface area (Å²) in [5.41, 5.74) is 1.15. The Morgan fingerprint density at radius 1 is 0.870 bits per heavy atom. The summed E-state index contributed by atoms with van der Waals surface area (Å²) in [4.78, 5) is 0. The van der Waals surface area contributed by atoms with Gasteiger partial charge in [0.2, 0.25) is 6.79 Å². The van der Waals surface area contributed by atoms with Crippen LogP contribution in [-0.2, 0) is 15.9 Å². The Morgan fingerprint density at radius 2 is 1.57 bits per heavy atom. The van der Waals surface area contributed by atoms with Crippen LogP contribution in [-0.4, -0.2) is 39.8 Å². The van der Waals surface area contributed by atoms with Gasteiger partial charge in [-0.2, -0.15) is 0 Å². The first kappa shape index (κ1) is 17.9.